The highest BCUT2D eigenvalue weighted by Gasteiger charge is 2.33. The fourth-order valence-electron chi connectivity index (χ4n) is 1.64. The predicted molar refractivity (Wildman–Crippen MR) is 64.0 cm³/mol. The molecule has 0 aromatic carbocycles. The largest absolute Gasteiger partial charge is 0.286 e. The van der Waals surface area contributed by atoms with E-state index in [1.807, 2.05) is 19.1 Å². The van der Waals surface area contributed by atoms with E-state index >= 15 is 0 Å². The molecular weight excluding hydrogens is 231 g/mol. The van der Waals surface area contributed by atoms with E-state index in [0.29, 0.717) is 0 Å². The van der Waals surface area contributed by atoms with Gasteiger partial charge in [0, 0.05) is 24.0 Å². The van der Waals surface area contributed by atoms with E-state index in [1.54, 1.807) is 6.20 Å². The van der Waals surface area contributed by atoms with Gasteiger partial charge in [0.2, 0.25) is 0 Å². The highest BCUT2D eigenvalue weighted by molar-refractivity contribution is 6.60. The lowest BCUT2D eigenvalue weighted by Gasteiger charge is -2.25. The molecule has 0 atom stereocenters. The van der Waals surface area contributed by atoms with Crippen LogP contribution >= 0.6 is 23.2 Å². The van der Waals surface area contributed by atoms with Crippen molar-refractivity contribution in [1.82, 2.24) is 4.98 Å². The van der Waals surface area contributed by atoms with Crippen molar-refractivity contribution >= 4 is 28.9 Å². The van der Waals surface area contributed by atoms with E-state index in [1.165, 1.54) is 0 Å². The van der Waals surface area contributed by atoms with Gasteiger partial charge < -0.3 is 0 Å². The first-order valence-electron chi connectivity index (χ1n) is 4.95. The van der Waals surface area contributed by atoms with Crippen LogP contribution in [-0.2, 0) is 0 Å². The van der Waals surface area contributed by atoms with Crippen molar-refractivity contribution in [3.05, 3.63) is 29.6 Å². The Morgan fingerprint density at radius 1 is 1.33 bits per heavy atom. The van der Waals surface area contributed by atoms with Gasteiger partial charge in [-0.25, -0.2) is 0 Å². The number of aliphatic imine (C=N–C) groups is 1. The number of halogens is 2. The molecule has 1 aliphatic heterocycles. The average molecular weight is 243 g/mol. The van der Waals surface area contributed by atoms with Gasteiger partial charge in [-0.05, 0) is 31.9 Å². The fourth-order valence-corrected chi connectivity index (χ4v) is 2.24. The van der Waals surface area contributed by atoms with E-state index in [4.69, 9.17) is 23.2 Å². The number of alkyl halides is 2. The van der Waals surface area contributed by atoms with Gasteiger partial charge in [0.1, 0.15) is 0 Å². The molecule has 80 valence electrons. The molecular formula is C11H12Cl2N2. The van der Waals surface area contributed by atoms with Crippen LogP contribution in [0.1, 0.15) is 24.1 Å². The summed E-state index contributed by atoms with van der Waals surface area (Å²) in [6, 6.07) is 3.91. The molecule has 0 saturated heterocycles. The monoisotopic (exact) mass is 242 g/mol. The summed E-state index contributed by atoms with van der Waals surface area (Å²) in [6.07, 6.45) is 3.47. The molecule has 15 heavy (non-hydrogen) atoms. The van der Waals surface area contributed by atoms with Crippen molar-refractivity contribution in [1.29, 1.82) is 0 Å². The standard InChI is InChI=1S/C11H12Cl2N2/c1-8-3-4-9(7-15-8)10-11(12,13)5-2-6-14-10/h3-4,7H,2,5-6H2,1H3. The van der Waals surface area contributed by atoms with Crippen LogP contribution in [-0.4, -0.2) is 21.6 Å². The molecule has 4 heteroatoms. The molecule has 0 aliphatic carbocycles. The van der Waals surface area contributed by atoms with Gasteiger partial charge in [-0.3, -0.25) is 9.98 Å². The molecule has 0 bridgehead atoms. The molecule has 1 aromatic rings. The molecule has 0 fully saturated rings. The van der Waals surface area contributed by atoms with Crippen molar-refractivity contribution in [3.8, 4) is 0 Å². The first kappa shape index (κ1) is 10.9. The summed E-state index contributed by atoms with van der Waals surface area (Å²) in [4.78, 5) is 8.62. The van der Waals surface area contributed by atoms with Crippen molar-refractivity contribution in [2.45, 2.75) is 24.1 Å². The normalized spacial score (nSPS) is 19.8. The first-order chi connectivity index (χ1) is 7.09. The van der Waals surface area contributed by atoms with Gasteiger partial charge in [-0.15, -0.1) is 0 Å². The quantitative estimate of drug-likeness (QED) is 0.695. The Labute approximate surface area is 99.3 Å². The van der Waals surface area contributed by atoms with Crippen LogP contribution in [0.15, 0.2) is 23.3 Å². The number of pyridine rings is 1. The van der Waals surface area contributed by atoms with Crippen LogP contribution in [0.4, 0.5) is 0 Å². The number of hydrogen-bond acceptors (Lipinski definition) is 2. The number of nitrogens with zero attached hydrogens (tertiary/aromatic N) is 2. The smallest absolute Gasteiger partial charge is 0.160 e. The third-order valence-electron chi connectivity index (χ3n) is 2.45. The SMILES string of the molecule is Cc1ccc(C2=NCCCC2(Cl)Cl)cn1. The molecule has 2 heterocycles. The molecule has 0 saturated carbocycles. The summed E-state index contributed by atoms with van der Waals surface area (Å²) in [5.74, 6) is 0. The number of hydrogen-bond donors (Lipinski definition) is 0. The van der Waals surface area contributed by atoms with Gasteiger partial charge in [0.25, 0.3) is 0 Å². The Balaban J connectivity index is 2.37. The fraction of sp³-hybridized carbons (Fsp3) is 0.455. The molecule has 0 spiro atoms. The maximum atomic E-state index is 6.22. The van der Waals surface area contributed by atoms with Crippen LogP contribution < -0.4 is 0 Å². The summed E-state index contributed by atoms with van der Waals surface area (Å²) in [5.41, 5.74) is 2.65. The molecule has 1 aliphatic rings. The summed E-state index contributed by atoms with van der Waals surface area (Å²) < 4.78 is -0.852. The number of aryl methyl sites for hydroxylation is 1. The summed E-state index contributed by atoms with van der Waals surface area (Å²) in [6.45, 7) is 2.74. The Bertz CT molecular complexity index is 382. The highest BCUT2D eigenvalue weighted by atomic mass is 35.5. The van der Waals surface area contributed by atoms with E-state index in [9.17, 15) is 0 Å². The van der Waals surface area contributed by atoms with E-state index < -0.39 is 4.33 Å². The van der Waals surface area contributed by atoms with Gasteiger partial charge in [0.15, 0.2) is 4.33 Å². The van der Waals surface area contributed by atoms with Crippen molar-refractivity contribution < 1.29 is 0 Å². The molecule has 0 unspecified atom stereocenters. The molecule has 2 rings (SSSR count). The zero-order chi connectivity index (χ0) is 10.9. The third kappa shape index (κ3) is 2.32. The molecule has 0 N–H and O–H groups in total. The molecule has 1 aromatic heterocycles. The van der Waals surface area contributed by atoms with Crippen molar-refractivity contribution in [2.24, 2.45) is 4.99 Å². The van der Waals surface area contributed by atoms with E-state index in [-0.39, 0.29) is 0 Å². The maximum Gasteiger partial charge on any atom is 0.160 e. The van der Waals surface area contributed by atoms with Gasteiger partial charge in [-0.1, -0.05) is 23.2 Å². The van der Waals surface area contributed by atoms with E-state index in [0.717, 1.165) is 36.4 Å². The molecule has 0 amide bonds. The lowest BCUT2D eigenvalue weighted by molar-refractivity contribution is 0.712. The Hall–Kier alpha value is -0.600. The Morgan fingerprint density at radius 3 is 2.73 bits per heavy atom. The molecule has 0 radical (unpaired) electrons. The lowest BCUT2D eigenvalue weighted by atomic mass is 10.0. The van der Waals surface area contributed by atoms with Crippen LogP contribution in [0.25, 0.3) is 0 Å². The second-order valence-electron chi connectivity index (χ2n) is 3.73. The van der Waals surface area contributed by atoms with Gasteiger partial charge in [0.05, 0.1) is 5.71 Å². The zero-order valence-corrected chi connectivity index (χ0v) is 10.0. The minimum Gasteiger partial charge on any atom is -0.286 e. The van der Waals surface area contributed by atoms with Crippen LogP contribution in [0.2, 0.25) is 0 Å². The summed E-state index contributed by atoms with van der Waals surface area (Å²) in [7, 11) is 0. The van der Waals surface area contributed by atoms with E-state index in [2.05, 4.69) is 9.98 Å². The summed E-state index contributed by atoms with van der Waals surface area (Å²) in [5, 5.41) is 0. The first-order valence-corrected chi connectivity index (χ1v) is 5.71. The van der Waals surface area contributed by atoms with Crippen LogP contribution in [0.3, 0.4) is 0 Å². The van der Waals surface area contributed by atoms with Crippen LogP contribution in [0.5, 0.6) is 0 Å². The number of aromatic nitrogens is 1. The summed E-state index contributed by atoms with van der Waals surface area (Å²) >= 11 is 12.4. The molecule has 2 nitrogen and oxygen atoms in total. The van der Waals surface area contributed by atoms with Gasteiger partial charge in [-0.2, -0.15) is 0 Å². The second kappa shape index (κ2) is 4.11. The number of rotatable bonds is 1. The second-order valence-corrected chi connectivity index (χ2v) is 5.21. The van der Waals surface area contributed by atoms with Crippen LogP contribution in [0, 0.1) is 6.92 Å². The van der Waals surface area contributed by atoms with Gasteiger partial charge >= 0.3 is 0 Å². The highest BCUT2D eigenvalue weighted by Crippen LogP contribution is 2.34. The minimum absolute atomic E-state index is 0.753. The maximum absolute atomic E-state index is 6.22. The lowest BCUT2D eigenvalue weighted by Crippen LogP contribution is -2.31. The van der Waals surface area contributed by atoms with Crippen molar-refractivity contribution in [2.75, 3.05) is 6.54 Å². The Kier molecular flexibility index (Phi) is 2.98. The average Bonchev–Trinajstić information content (AvgIpc) is 2.19. The zero-order valence-electron chi connectivity index (χ0n) is 8.50. The third-order valence-corrected chi connectivity index (χ3v) is 3.19. The predicted octanol–water partition coefficient (Wildman–Crippen LogP) is 3.15. The topological polar surface area (TPSA) is 25.2 Å². The Morgan fingerprint density at radius 2 is 2.13 bits per heavy atom. The minimum atomic E-state index is -0.852. The van der Waals surface area contributed by atoms with Crippen molar-refractivity contribution in [3.63, 3.8) is 0 Å².